The molecular formula is C16H12ClF2N3. The number of fused-ring (bicyclic) bond motifs is 3. The number of nitrogens with one attached hydrogen (secondary N) is 1. The lowest BCUT2D eigenvalue weighted by molar-refractivity contribution is 0.578. The Bertz CT molecular complexity index is 875. The molecular weight excluding hydrogens is 308 g/mol. The van der Waals surface area contributed by atoms with Crippen LogP contribution in [-0.2, 0) is 13.0 Å². The van der Waals surface area contributed by atoms with Crippen LogP contribution in [0.3, 0.4) is 0 Å². The van der Waals surface area contributed by atoms with Crippen molar-refractivity contribution in [2.24, 2.45) is 0 Å². The van der Waals surface area contributed by atoms with Crippen molar-refractivity contribution in [2.45, 2.75) is 13.0 Å². The molecule has 0 atom stereocenters. The van der Waals surface area contributed by atoms with Gasteiger partial charge in [-0.3, -0.25) is 0 Å². The predicted octanol–water partition coefficient (Wildman–Crippen LogP) is 4.06. The van der Waals surface area contributed by atoms with Gasteiger partial charge in [0.05, 0.1) is 11.6 Å². The van der Waals surface area contributed by atoms with Gasteiger partial charge in [0.15, 0.2) is 5.82 Å². The first-order valence-corrected chi connectivity index (χ1v) is 7.35. The zero-order chi connectivity index (χ0) is 15.3. The predicted molar refractivity (Wildman–Crippen MR) is 82.2 cm³/mol. The van der Waals surface area contributed by atoms with E-state index in [-0.39, 0.29) is 5.82 Å². The normalized spacial score (nSPS) is 14.4. The number of nitrogens with zero attached hydrogens (tertiary/aromatic N) is 2. The Morgan fingerprint density at radius 1 is 1.18 bits per heavy atom. The molecule has 4 rings (SSSR count). The molecule has 0 spiro atoms. The summed E-state index contributed by atoms with van der Waals surface area (Å²) >= 11 is 6.13. The first-order valence-electron chi connectivity index (χ1n) is 6.98. The lowest BCUT2D eigenvalue weighted by Gasteiger charge is -2.28. The first-order chi connectivity index (χ1) is 10.6. The van der Waals surface area contributed by atoms with Crippen molar-refractivity contribution in [3.8, 4) is 0 Å². The molecule has 0 unspecified atom stereocenters. The van der Waals surface area contributed by atoms with Crippen LogP contribution in [0.1, 0.15) is 11.3 Å². The molecule has 112 valence electrons. The zero-order valence-corrected chi connectivity index (χ0v) is 12.3. The van der Waals surface area contributed by atoms with Crippen molar-refractivity contribution >= 4 is 28.3 Å². The van der Waals surface area contributed by atoms with Crippen molar-refractivity contribution < 1.29 is 8.78 Å². The standard InChI is InChI=1S/C16H12ClF2N3/c17-12-2-4-15(19)21-16(12)22-6-5-10-11-7-9(18)1-3-13(11)20-14(10)8-22/h1-4,7,20H,5-6,8H2. The summed E-state index contributed by atoms with van der Waals surface area (Å²) < 4.78 is 26.8. The second kappa shape index (κ2) is 4.95. The Labute approximate surface area is 130 Å². The van der Waals surface area contributed by atoms with Gasteiger partial charge in [0, 0.05) is 23.1 Å². The van der Waals surface area contributed by atoms with Gasteiger partial charge in [-0.05, 0) is 42.3 Å². The van der Waals surface area contributed by atoms with Crippen LogP contribution in [-0.4, -0.2) is 16.5 Å². The lowest BCUT2D eigenvalue weighted by Crippen LogP contribution is -2.31. The molecule has 3 nitrogen and oxygen atoms in total. The van der Waals surface area contributed by atoms with Gasteiger partial charge < -0.3 is 9.88 Å². The topological polar surface area (TPSA) is 31.9 Å². The molecule has 3 aromatic rings. The molecule has 1 aliphatic rings. The van der Waals surface area contributed by atoms with Gasteiger partial charge >= 0.3 is 0 Å². The minimum absolute atomic E-state index is 0.244. The van der Waals surface area contributed by atoms with E-state index in [0.717, 1.165) is 28.6 Å². The number of hydrogen-bond donors (Lipinski definition) is 1. The fourth-order valence-electron chi connectivity index (χ4n) is 3.02. The highest BCUT2D eigenvalue weighted by atomic mass is 35.5. The average Bonchev–Trinajstić information content (AvgIpc) is 2.86. The molecule has 22 heavy (non-hydrogen) atoms. The molecule has 3 heterocycles. The third-order valence-corrected chi connectivity index (χ3v) is 4.33. The van der Waals surface area contributed by atoms with E-state index in [1.165, 1.54) is 18.2 Å². The number of pyridine rings is 1. The Kier molecular flexibility index (Phi) is 3.04. The van der Waals surface area contributed by atoms with E-state index in [1.54, 1.807) is 12.1 Å². The maximum Gasteiger partial charge on any atom is 0.214 e. The molecule has 0 aliphatic carbocycles. The molecule has 0 fully saturated rings. The summed E-state index contributed by atoms with van der Waals surface area (Å²) in [7, 11) is 0. The lowest BCUT2D eigenvalue weighted by atomic mass is 10.0. The van der Waals surface area contributed by atoms with Crippen molar-refractivity contribution in [3.05, 3.63) is 58.4 Å². The summed E-state index contributed by atoms with van der Waals surface area (Å²) in [5.74, 6) is -0.354. The fraction of sp³-hybridized carbons (Fsp3) is 0.188. The zero-order valence-electron chi connectivity index (χ0n) is 11.5. The van der Waals surface area contributed by atoms with Gasteiger partial charge in [-0.2, -0.15) is 4.39 Å². The van der Waals surface area contributed by atoms with Gasteiger partial charge in [-0.1, -0.05) is 11.6 Å². The third kappa shape index (κ3) is 2.13. The number of halogens is 3. The van der Waals surface area contributed by atoms with Gasteiger partial charge in [-0.15, -0.1) is 0 Å². The van der Waals surface area contributed by atoms with E-state index in [0.29, 0.717) is 23.9 Å². The van der Waals surface area contributed by atoms with Gasteiger partial charge in [0.1, 0.15) is 5.82 Å². The smallest absolute Gasteiger partial charge is 0.214 e. The quantitative estimate of drug-likeness (QED) is 0.686. The van der Waals surface area contributed by atoms with E-state index in [2.05, 4.69) is 9.97 Å². The number of hydrogen-bond acceptors (Lipinski definition) is 2. The molecule has 0 saturated heterocycles. The minimum atomic E-state index is -0.552. The number of benzene rings is 1. The maximum absolute atomic E-state index is 13.4. The molecule has 1 aromatic carbocycles. The van der Waals surface area contributed by atoms with Gasteiger partial charge in [-0.25, -0.2) is 9.37 Å². The SMILES string of the molecule is Fc1ccc2[nH]c3c(c2c1)CCN(c1nc(F)ccc1Cl)C3. The summed E-state index contributed by atoms with van der Waals surface area (Å²) in [6, 6.07) is 7.48. The van der Waals surface area contributed by atoms with Crippen molar-refractivity contribution in [2.75, 3.05) is 11.4 Å². The molecule has 0 saturated carbocycles. The van der Waals surface area contributed by atoms with Crippen LogP contribution in [0.5, 0.6) is 0 Å². The molecule has 0 amide bonds. The highest BCUT2D eigenvalue weighted by Crippen LogP contribution is 2.32. The molecule has 0 radical (unpaired) electrons. The minimum Gasteiger partial charge on any atom is -0.357 e. The third-order valence-electron chi connectivity index (χ3n) is 4.03. The van der Waals surface area contributed by atoms with Crippen LogP contribution >= 0.6 is 11.6 Å². The van der Waals surface area contributed by atoms with Crippen molar-refractivity contribution in [1.29, 1.82) is 0 Å². The van der Waals surface area contributed by atoms with Crippen LogP contribution in [0.25, 0.3) is 10.9 Å². The van der Waals surface area contributed by atoms with Crippen LogP contribution < -0.4 is 4.90 Å². The highest BCUT2D eigenvalue weighted by Gasteiger charge is 2.23. The van der Waals surface area contributed by atoms with E-state index >= 15 is 0 Å². The van der Waals surface area contributed by atoms with Crippen LogP contribution in [0.15, 0.2) is 30.3 Å². The highest BCUT2D eigenvalue weighted by molar-refractivity contribution is 6.32. The van der Waals surface area contributed by atoms with Gasteiger partial charge in [0.25, 0.3) is 0 Å². The van der Waals surface area contributed by atoms with Crippen molar-refractivity contribution in [1.82, 2.24) is 9.97 Å². The second-order valence-corrected chi connectivity index (χ2v) is 5.79. The van der Waals surface area contributed by atoms with Crippen molar-refractivity contribution in [3.63, 3.8) is 0 Å². The van der Waals surface area contributed by atoms with E-state index in [9.17, 15) is 8.78 Å². The molecule has 1 N–H and O–H groups in total. The number of anilines is 1. The maximum atomic E-state index is 13.4. The Balaban J connectivity index is 1.75. The summed E-state index contributed by atoms with van der Waals surface area (Å²) in [4.78, 5) is 9.12. The summed E-state index contributed by atoms with van der Waals surface area (Å²) in [6.07, 6.45) is 0.729. The van der Waals surface area contributed by atoms with Gasteiger partial charge in [0.2, 0.25) is 5.95 Å². The van der Waals surface area contributed by atoms with Crippen LogP contribution in [0, 0.1) is 11.8 Å². The van der Waals surface area contributed by atoms with E-state index in [1.807, 2.05) is 4.90 Å². The number of rotatable bonds is 1. The molecule has 1 aliphatic heterocycles. The summed E-state index contributed by atoms with van der Waals surface area (Å²) in [5.41, 5.74) is 3.01. The fourth-order valence-corrected chi connectivity index (χ4v) is 3.25. The molecule has 0 bridgehead atoms. The molecule has 6 heteroatoms. The second-order valence-electron chi connectivity index (χ2n) is 5.38. The number of aromatic nitrogens is 2. The van der Waals surface area contributed by atoms with Crippen LogP contribution in [0.4, 0.5) is 14.6 Å². The number of H-pyrrole nitrogens is 1. The average molecular weight is 320 g/mol. The van der Waals surface area contributed by atoms with Crippen LogP contribution in [0.2, 0.25) is 5.02 Å². The Morgan fingerprint density at radius 2 is 2.05 bits per heavy atom. The Hall–Kier alpha value is -2.14. The largest absolute Gasteiger partial charge is 0.357 e. The number of aromatic amines is 1. The van der Waals surface area contributed by atoms with E-state index in [4.69, 9.17) is 11.6 Å². The molecule has 2 aromatic heterocycles. The summed E-state index contributed by atoms with van der Waals surface area (Å²) in [5, 5.41) is 1.33. The monoisotopic (exact) mass is 319 g/mol. The Morgan fingerprint density at radius 3 is 2.91 bits per heavy atom. The first kappa shape index (κ1) is 13.5. The summed E-state index contributed by atoms with van der Waals surface area (Å²) in [6.45, 7) is 1.20. The van der Waals surface area contributed by atoms with E-state index < -0.39 is 5.95 Å².